The lowest BCUT2D eigenvalue weighted by molar-refractivity contribution is -0.116. The zero-order valence-corrected chi connectivity index (χ0v) is 16.0. The van der Waals surface area contributed by atoms with E-state index in [2.05, 4.69) is 10.2 Å². The summed E-state index contributed by atoms with van der Waals surface area (Å²) in [5, 5.41) is 3.61. The van der Waals surface area contributed by atoms with Crippen LogP contribution in [-0.4, -0.2) is 29.9 Å². The number of hydrogen-bond acceptors (Lipinski definition) is 2. The van der Waals surface area contributed by atoms with Crippen LogP contribution in [0.4, 0.5) is 5.69 Å². The third-order valence-electron chi connectivity index (χ3n) is 5.47. The highest BCUT2D eigenvalue weighted by molar-refractivity contribution is 6.33. The molecule has 1 saturated carbocycles. The molecule has 134 valence electrons. The number of amides is 1. The summed E-state index contributed by atoms with van der Waals surface area (Å²) in [4.78, 5) is 14.9. The van der Waals surface area contributed by atoms with E-state index in [1.54, 1.807) is 0 Å². The largest absolute Gasteiger partial charge is 0.325 e. The topological polar surface area (TPSA) is 32.3 Å². The van der Waals surface area contributed by atoms with Crippen LogP contribution in [0.15, 0.2) is 18.2 Å². The van der Waals surface area contributed by atoms with Crippen molar-refractivity contribution in [2.24, 2.45) is 5.92 Å². The van der Waals surface area contributed by atoms with E-state index in [4.69, 9.17) is 11.6 Å². The van der Waals surface area contributed by atoms with Gasteiger partial charge in [0.25, 0.3) is 0 Å². The number of carbonyl (C=O) groups is 1. The Morgan fingerprint density at radius 3 is 2.79 bits per heavy atom. The number of para-hydroxylation sites is 1. The van der Waals surface area contributed by atoms with E-state index in [0.717, 1.165) is 30.3 Å². The molecule has 0 radical (unpaired) electrons. The van der Waals surface area contributed by atoms with E-state index in [-0.39, 0.29) is 18.3 Å². The molecule has 2 fully saturated rings. The second kappa shape index (κ2) is 9.07. The summed E-state index contributed by atoms with van der Waals surface area (Å²) in [6.07, 6.45) is 8.65. The third-order valence-corrected chi connectivity index (χ3v) is 5.79. The van der Waals surface area contributed by atoms with Gasteiger partial charge in [-0.05, 0) is 56.7 Å². The molecule has 1 saturated heterocycles. The van der Waals surface area contributed by atoms with Gasteiger partial charge in [0.15, 0.2) is 0 Å². The van der Waals surface area contributed by atoms with Crippen molar-refractivity contribution in [2.45, 2.75) is 57.9 Å². The Kier molecular flexibility index (Phi) is 7.39. The van der Waals surface area contributed by atoms with Gasteiger partial charge in [0, 0.05) is 19.0 Å². The molecule has 1 heterocycles. The second-order valence-electron chi connectivity index (χ2n) is 7.02. The maximum absolute atomic E-state index is 12.3. The molecular weight excluding hydrogens is 343 g/mol. The molecule has 3 rings (SSSR count). The number of benzene rings is 1. The summed E-state index contributed by atoms with van der Waals surface area (Å²) in [6.45, 7) is 3.99. The third kappa shape index (κ3) is 4.65. The molecule has 1 aliphatic heterocycles. The molecule has 24 heavy (non-hydrogen) atoms. The van der Waals surface area contributed by atoms with Crippen molar-refractivity contribution in [1.29, 1.82) is 0 Å². The fraction of sp³-hybridized carbons (Fsp3) is 0.632. The fourth-order valence-corrected chi connectivity index (χ4v) is 4.51. The Bertz CT molecular complexity index is 542. The summed E-state index contributed by atoms with van der Waals surface area (Å²) in [5.41, 5.74) is 1.77. The maximum atomic E-state index is 12.3. The van der Waals surface area contributed by atoms with Gasteiger partial charge in [0.2, 0.25) is 5.91 Å². The zero-order chi connectivity index (χ0) is 16.2. The SMILES string of the molecule is Cc1cccc(Cl)c1NC(=O)CCN1CCC[C@H]2CCCC[C@@H]21.Cl. The van der Waals surface area contributed by atoms with Crippen molar-refractivity contribution in [1.82, 2.24) is 4.90 Å². The Balaban J connectivity index is 0.00000208. The van der Waals surface area contributed by atoms with E-state index in [9.17, 15) is 4.79 Å². The number of nitrogens with one attached hydrogen (secondary N) is 1. The lowest BCUT2D eigenvalue weighted by Crippen LogP contribution is -2.47. The van der Waals surface area contributed by atoms with Crippen LogP contribution in [0.1, 0.15) is 50.5 Å². The molecule has 0 spiro atoms. The minimum Gasteiger partial charge on any atom is -0.325 e. The summed E-state index contributed by atoms with van der Waals surface area (Å²) >= 11 is 6.19. The van der Waals surface area contributed by atoms with Crippen molar-refractivity contribution in [3.8, 4) is 0 Å². The Hall–Kier alpha value is -0.770. The van der Waals surface area contributed by atoms with Crippen LogP contribution in [0.25, 0.3) is 0 Å². The molecule has 1 aliphatic carbocycles. The van der Waals surface area contributed by atoms with Crippen molar-refractivity contribution < 1.29 is 4.79 Å². The van der Waals surface area contributed by atoms with E-state index < -0.39 is 0 Å². The van der Waals surface area contributed by atoms with Crippen molar-refractivity contribution >= 4 is 35.6 Å². The maximum Gasteiger partial charge on any atom is 0.225 e. The predicted molar refractivity (Wildman–Crippen MR) is 103 cm³/mol. The highest BCUT2D eigenvalue weighted by atomic mass is 35.5. The minimum atomic E-state index is 0. The highest BCUT2D eigenvalue weighted by Crippen LogP contribution is 2.35. The quantitative estimate of drug-likeness (QED) is 0.803. The number of carbonyl (C=O) groups excluding carboxylic acids is 1. The molecule has 2 aliphatic rings. The van der Waals surface area contributed by atoms with Gasteiger partial charge in [-0.3, -0.25) is 9.69 Å². The van der Waals surface area contributed by atoms with Crippen LogP contribution in [0, 0.1) is 12.8 Å². The number of piperidine rings is 1. The number of anilines is 1. The number of nitrogens with zero attached hydrogens (tertiary/aromatic N) is 1. The number of fused-ring (bicyclic) bond motifs is 1. The van der Waals surface area contributed by atoms with Gasteiger partial charge in [0.05, 0.1) is 10.7 Å². The van der Waals surface area contributed by atoms with E-state index in [1.807, 2.05) is 25.1 Å². The predicted octanol–water partition coefficient (Wildman–Crippen LogP) is 5.05. The average Bonchev–Trinajstić information content (AvgIpc) is 2.56. The number of likely N-dealkylation sites (tertiary alicyclic amines) is 1. The monoisotopic (exact) mass is 370 g/mol. The molecule has 1 N–H and O–H groups in total. The zero-order valence-electron chi connectivity index (χ0n) is 14.4. The molecule has 1 aromatic carbocycles. The van der Waals surface area contributed by atoms with Crippen LogP contribution in [0.5, 0.6) is 0 Å². The first-order valence-corrected chi connectivity index (χ1v) is 9.32. The van der Waals surface area contributed by atoms with Gasteiger partial charge in [-0.1, -0.05) is 36.6 Å². The van der Waals surface area contributed by atoms with E-state index in [0.29, 0.717) is 17.5 Å². The van der Waals surface area contributed by atoms with Gasteiger partial charge in [-0.25, -0.2) is 0 Å². The molecule has 2 atom stereocenters. The van der Waals surface area contributed by atoms with E-state index >= 15 is 0 Å². The van der Waals surface area contributed by atoms with Gasteiger partial charge in [-0.2, -0.15) is 0 Å². The van der Waals surface area contributed by atoms with E-state index in [1.165, 1.54) is 38.5 Å². The van der Waals surface area contributed by atoms with Crippen LogP contribution in [0.3, 0.4) is 0 Å². The Morgan fingerprint density at radius 1 is 1.25 bits per heavy atom. The van der Waals surface area contributed by atoms with Crippen molar-refractivity contribution in [2.75, 3.05) is 18.4 Å². The first-order chi connectivity index (χ1) is 11.1. The molecular formula is C19H28Cl2N2O. The molecule has 5 heteroatoms. The Labute approximate surface area is 156 Å². The van der Waals surface area contributed by atoms with Gasteiger partial charge < -0.3 is 5.32 Å². The van der Waals surface area contributed by atoms with Gasteiger partial charge in [0.1, 0.15) is 0 Å². The second-order valence-corrected chi connectivity index (χ2v) is 7.43. The van der Waals surface area contributed by atoms with Gasteiger partial charge in [-0.15, -0.1) is 12.4 Å². The summed E-state index contributed by atoms with van der Waals surface area (Å²) < 4.78 is 0. The van der Waals surface area contributed by atoms with Crippen LogP contribution in [-0.2, 0) is 4.79 Å². The number of halogens is 2. The number of hydrogen-bond donors (Lipinski definition) is 1. The lowest BCUT2D eigenvalue weighted by Gasteiger charge is -2.44. The van der Waals surface area contributed by atoms with Crippen molar-refractivity contribution in [3.63, 3.8) is 0 Å². The molecule has 1 amide bonds. The molecule has 0 unspecified atom stereocenters. The lowest BCUT2D eigenvalue weighted by atomic mass is 9.78. The average molecular weight is 371 g/mol. The summed E-state index contributed by atoms with van der Waals surface area (Å²) in [7, 11) is 0. The number of rotatable bonds is 4. The molecule has 3 nitrogen and oxygen atoms in total. The highest BCUT2D eigenvalue weighted by Gasteiger charge is 2.32. The van der Waals surface area contributed by atoms with Crippen molar-refractivity contribution in [3.05, 3.63) is 28.8 Å². The first-order valence-electron chi connectivity index (χ1n) is 8.94. The van der Waals surface area contributed by atoms with Crippen LogP contribution >= 0.6 is 24.0 Å². The minimum absolute atomic E-state index is 0. The summed E-state index contributed by atoms with van der Waals surface area (Å²) in [5.74, 6) is 0.936. The van der Waals surface area contributed by atoms with Gasteiger partial charge >= 0.3 is 0 Å². The smallest absolute Gasteiger partial charge is 0.225 e. The molecule has 0 bridgehead atoms. The summed E-state index contributed by atoms with van der Waals surface area (Å²) in [6, 6.07) is 6.41. The van der Waals surface area contributed by atoms with Crippen LogP contribution in [0.2, 0.25) is 5.02 Å². The first kappa shape index (κ1) is 19.6. The molecule has 0 aromatic heterocycles. The standard InChI is InChI=1S/C19H27ClN2O.ClH/c1-14-6-4-9-16(20)19(14)21-18(23)11-13-22-12-5-8-15-7-2-3-10-17(15)22;/h4,6,9,15,17H,2-3,5,7-8,10-13H2,1H3,(H,21,23);1H/t15-,17+;/m1./s1. The number of aryl methyl sites for hydroxylation is 1. The van der Waals surface area contributed by atoms with Crippen LogP contribution < -0.4 is 5.32 Å². The molecule has 1 aromatic rings. The normalized spacial score (nSPS) is 23.9. The Morgan fingerprint density at radius 2 is 2.00 bits per heavy atom. The fourth-order valence-electron chi connectivity index (χ4n) is 4.24.